The Morgan fingerprint density at radius 1 is 1.09 bits per heavy atom. The van der Waals surface area contributed by atoms with Crippen LogP contribution in [0.2, 0.25) is 0 Å². The van der Waals surface area contributed by atoms with Crippen LogP contribution in [0.15, 0.2) is 41.6 Å². The Bertz CT molecular complexity index is 1460. The molecule has 9 nitrogen and oxygen atoms in total. The van der Waals surface area contributed by atoms with E-state index in [0.717, 1.165) is 43.7 Å². The first-order valence-corrected chi connectivity index (χ1v) is 11.8. The lowest BCUT2D eigenvalue weighted by Crippen LogP contribution is -2.23. The summed E-state index contributed by atoms with van der Waals surface area (Å²) in [5, 5.41) is 7.21. The molecule has 1 fully saturated rings. The second kappa shape index (κ2) is 7.73. The van der Waals surface area contributed by atoms with Crippen molar-refractivity contribution in [1.82, 2.24) is 34.6 Å². The fourth-order valence-corrected chi connectivity index (χ4v) is 4.44. The normalized spacial score (nSPS) is 16.0. The largest absolute Gasteiger partial charge is 0.324 e. The standard InChI is InChI=1S/C25H28N8O/c1-25(2,3)20-13-27-14-21(30-20)33-22-19(23(34)32(33)18-6-7-18)12-28-24(31-22)29-17-5-4-15-8-9-26-11-16(15)10-17/h4-5,10,12-14,18,26H,6-9,11H2,1-3H3,(H,28,29,31). The topological polar surface area (TPSA) is 103 Å². The van der Waals surface area contributed by atoms with E-state index >= 15 is 0 Å². The van der Waals surface area contributed by atoms with Gasteiger partial charge < -0.3 is 10.6 Å². The van der Waals surface area contributed by atoms with Gasteiger partial charge in [0.05, 0.1) is 17.9 Å². The van der Waals surface area contributed by atoms with E-state index in [1.807, 2.05) is 4.68 Å². The van der Waals surface area contributed by atoms with Crippen LogP contribution >= 0.6 is 0 Å². The summed E-state index contributed by atoms with van der Waals surface area (Å²) in [4.78, 5) is 31.8. The highest BCUT2D eigenvalue weighted by Gasteiger charge is 2.31. The van der Waals surface area contributed by atoms with Gasteiger partial charge in [0.15, 0.2) is 11.5 Å². The molecule has 0 amide bonds. The van der Waals surface area contributed by atoms with E-state index in [-0.39, 0.29) is 17.0 Å². The van der Waals surface area contributed by atoms with Crippen LogP contribution < -0.4 is 16.2 Å². The highest BCUT2D eigenvalue weighted by atomic mass is 16.1. The van der Waals surface area contributed by atoms with E-state index in [1.165, 1.54) is 11.1 Å². The van der Waals surface area contributed by atoms with Crippen molar-refractivity contribution in [3.8, 4) is 5.82 Å². The molecule has 0 atom stereocenters. The zero-order valence-corrected chi connectivity index (χ0v) is 19.7. The van der Waals surface area contributed by atoms with Crippen LogP contribution in [-0.4, -0.2) is 35.8 Å². The minimum atomic E-state index is -0.167. The van der Waals surface area contributed by atoms with E-state index in [4.69, 9.17) is 9.97 Å². The summed E-state index contributed by atoms with van der Waals surface area (Å²) >= 11 is 0. The number of fused-ring (bicyclic) bond motifs is 2. The van der Waals surface area contributed by atoms with Crippen LogP contribution in [-0.2, 0) is 18.4 Å². The lowest BCUT2D eigenvalue weighted by atomic mass is 9.93. The molecular formula is C25H28N8O. The Hall–Kier alpha value is -3.59. The van der Waals surface area contributed by atoms with Gasteiger partial charge in [-0.25, -0.2) is 19.3 Å². The van der Waals surface area contributed by atoms with Crippen LogP contribution in [0.1, 0.15) is 56.5 Å². The zero-order valence-electron chi connectivity index (χ0n) is 19.7. The molecule has 1 saturated carbocycles. The molecule has 2 aliphatic rings. The molecule has 1 aromatic carbocycles. The number of anilines is 2. The average Bonchev–Trinajstić information content (AvgIpc) is 3.62. The van der Waals surface area contributed by atoms with Crippen molar-refractivity contribution in [2.24, 2.45) is 0 Å². The molecular weight excluding hydrogens is 428 g/mol. The van der Waals surface area contributed by atoms with Crippen molar-refractivity contribution in [2.75, 3.05) is 11.9 Å². The van der Waals surface area contributed by atoms with E-state index in [0.29, 0.717) is 22.8 Å². The highest BCUT2D eigenvalue weighted by molar-refractivity contribution is 5.77. The number of nitrogens with one attached hydrogen (secondary N) is 2. The molecule has 0 unspecified atom stereocenters. The molecule has 174 valence electrons. The minimum absolute atomic E-state index is 0.0909. The van der Waals surface area contributed by atoms with Crippen molar-refractivity contribution in [1.29, 1.82) is 0 Å². The molecule has 0 saturated heterocycles. The maximum atomic E-state index is 13.3. The molecule has 9 heteroatoms. The first kappa shape index (κ1) is 21.0. The maximum Gasteiger partial charge on any atom is 0.278 e. The molecule has 34 heavy (non-hydrogen) atoms. The van der Waals surface area contributed by atoms with E-state index < -0.39 is 0 Å². The maximum absolute atomic E-state index is 13.3. The lowest BCUT2D eigenvalue weighted by molar-refractivity contribution is 0.534. The molecule has 1 aliphatic heterocycles. The lowest BCUT2D eigenvalue weighted by Gasteiger charge is -2.19. The van der Waals surface area contributed by atoms with Crippen molar-refractivity contribution in [3.05, 3.63) is 64.0 Å². The van der Waals surface area contributed by atoms with Gasteiger partial charge in [-0.2, -0.15) is 4.98 Å². The van der Waals surface area contributed by atoms with E-state index in [2.05, 4.69) is 59.6 Å². The molecule has 0 spiro atoms. The van der Waals surface area contributed by atoms with Crippen molar-refractivity contribution < 1.29 is 0 Å². The molecule has 0 radical (unpaired) electrons. The quantitative estimate of drug-likeness (QED) is 0.485. The number of nitrogens with zero attached hydrogens (tertiary/aromatic N) is 6. The summed E-state index contributed by atoms with van der Waals surface area (Å²) in [5.74, 6) is 1.04. The van der Waals surface area contributed by atoms with E-state index in [1.54, 1.807) is 23.3 Å². The third-order valence-corrected chi connectivity index (χ3v) is 6.47. The summed E-state index contributed by atoms with van der Waals surface area (Å²) in [6.45, 7) is 8.16. The number of benzene rings is 1. The monoisotopic (exact) mass is 456 g/mol. The smallest absolute Gasteiger partial charge is 0.278 e. The van der Waals surface area contributed by atoms with Crippen molar-refractivity contribution in [3.63, 3.8) is 0 Å². The predicted molar refractivity (Wildman–Crippen MR) is 131 cm³/mol. The molecule has 1 aliphatic carbocycles. The Morgan fingerprint density at radius 3 is 2.74 bits per heavy atom. The molecule has 2 N–H and O–H groups in total. The van der Waals surface area contributed by atoms with Gasteiger partial charge in [0.25, 0.3) is 5.56 Å². The van der Waals surface area contributed by atoms with Crippen LogP contribution in [0.4, 0.5) is 11.6 Å². The molecule has 4 heterocycles. The fraction of sp³-hybridized carbons (Fsp3) is 0.400. The third kappa shape index (κ3) is 3.66. The summed E-state index contributed by atoms with van der Waals surface area (Å²) in [5.41, 5.74) is 4.71. The second-order valence-electron chi connectivity index (χ2n) is 10.2. The molecule has 0 bridgehead atoms. The minimum Gasteiger partial charge on any atom is -0.324 e. The first-order valence-electron chi connectivity index (χ1n) is 11.8. The SMILES string of the molecule is CC(C)(C)c1cncc(-n2c3nc(Nc4ccc5c(c4)CNCC5)ncc3c(=O)n2C2CC2)n1. The van der Waals surface area contributed by atoms with Gasteiger partial charge in [0.1, 0.15) is 5.39 Å². The Kier molecular flexibility index (Phi) is 4.77. The van der Waals surface area contributed by atoms with Crippen LogP contribution in [0.3, 0.4) is 0 Å². The molecule has 6 rings (SSSR count). The summed E-state index contributed by atoms with van der Waals surface area (Å²) < 4.78 is 3.59. The number of rotatable bonds is 4. The van der Waals surface area contributed by atoms with Crippen LogP contribution in [0, 0.1) is 0 Å². The highest BCUT2D eigenvalue weighted by Crippen LogP contribution is 2.35. The number of hydrogen-bond donors (Lipinski definition) is 2. The summed E-state index contributed by atoms with van der Waals surface area (Å²) in [6.07, 6.45) is 8.05. The van der Waals surface area contributed by atoms with Gasteiger partial charge in [0, 0.05) is 30.0 Å². The number of aromatic nitrogens is 6. The van der Waals surface area contributed by atoms with E-state index in [9.17, 15) is 4.79 Å². The Morgan fingerprint density at radius 2 is 1.94 bits per heavy atom. The van der Waals surface area contributed by atoms with Crippen LogP contribution in [0.5, 0.6) is 0 Å². The zero-order chi connectivity index (χ0) is 23.4. The van der Waals surface area contributed by atoms with Crippen LogP contribution in [0.25, 0.3) is 16.9 Å². The van der Waals surface area contributed by atoms with Gasteiger partial charge in [0.2, 0.25) is 5.95 Å². The number of hydrogen-bond acceptors (Lipinski definition) is 7. The Labute approximate surface area is 197 Å². The van der Waals surface area contributed by atoms with Gasteiger partial charge in [-0.3, -0.25) is 9.78 Å². The van der Waals surface area contributed by atoms with Crippen molar-refractivity contribution in [2.45, 2.75) is 58.0 Å². The first-order chi connectivity index (χ1) is 16.4. The van der Waals surface area contributed by atoms with Gasteiger partial charge >= 0.3 is 0 Å². The summed E-state index contributed by atoms with van der Waals surface area (Å²) in [7, 11) is 0. The third-order valence-electron chi connectivity index (χ3n) is 6.47. The molecule has 4 aromatic rings. The summed E-state index contributed by atoms with van der Waals surface area (Å²) in [6, 6.07) is 6.49. The fourth-order valence-electron chi connectivity index (χ4n) is 4.44. The van der Waals surface area contributed by atoms with Gasteiger partial charge in [-0.1, -0.05) is 26.8 Å². The van der Waals surface area contributed by atoms with Crippen molar-refractivity contribution >= 4 is 22.7 Å². The average molecular weight is 457 g/mol. The van der Waals surface area contributed by atoms with Gasteiger partial charge in [-0.05, 0) is 49.1 Å². The second-order valence-corrected chi connectivity index (χ2v) is 10.2. The Balaban J connectivity index is 1.46. The predicted octanol–water partition coefficient (Wildman–Crippen LogP) is 3.39. The molecule has 3 aromatic heterocycles. The van der Waals surface area contributed by atoms with Gasteiger partial charge in [-0.15, -0.1) is 0 Å².